The van der Waals surface area contributed by atoms with Crippen molar-refractivity contribution in [2.45, 2.75) is 72.8 Å². The quantitative estimate of drug-likeness (QED) is 0.710. The molecule has 1 heteroatoms. The predicted molar refractivity (Wildman–Crippen MR) is 89.0 cm³/mol. The molecule has 0 radical (unpaired) electrons. The Labute approximate surface area is 130 Å². The van der Waals surface area contributed by atoms with Crippen LogP contribution in [0.1, 0.15) is 66.7 Å². The van der Waals surface area contributed by atoms with Crippen molar-refractivity contribution in [2.75, 3.05) is 0 Å². The van der Waals surface area contributed by atoms with Crippen molar-refractivity contribution in [1.29, 1.82) is 0 Å². The van der Waals surface area contributed by atoms with Crippen LogP contribution < -0.4 is 0 Å². The number of aliphatic hydroxyl groups excluding tert-OH is 1. The molecule has 4 unspecified atom stereocenters. The van der Waals surface area contributed by atoms with Gasteiger partial charge in [-0.05, 0) is 65.4 Å². The summed E-state index contributed by atoms with van der Waals surface area (Å²) in [5.74, 6) is 1.79. The van der Waals surface area contributed by atoms with E-state index >= 15 is 0 Å². The topological polar surface area (TPSA) is 20.2 Å². The molecule has 0 saturated heterocycles. The van der Waals surface area contributed by atoms with Crippen LogP contribution in [0, 0.1) is 28.6 Å². The molecule has 1 fully saturated rings. The summed E-state index contributed by atoms with van der Waals surface area (Å²) < 4.78 is 0. The lowest BCUT2D eigenvalue weighted by Crippen LogP contribution is -2.50. The first kappa shape index (κ1) is 15.3. The molecule has 3 rings (SSSR count). The normalized spacial score (nSPS) is 42.0. The average Bonchev–Trinajstić information content (AvgIpc) is 2.37. The molecule has 21 heavy (non-hydrogen) atoms. The van der Waals surface area contributed by atoms with Crippen LogP contribution in [0.15, 0.2) is 23.3 Å². The molecule has 1 nitrogen and oxygen atoms in total. The van der Waals surface area contributed by atoms with E-state index in [1.807, 2.05) is 0 Å². The maximum absolute atomic E-state index is 10.6. The number of aliphatic hydroxyl groups is 1. The lowest BCUT2D eigenvalue weighted by Gasteiger charge is -2.58. The Balaban J connectivity index is 2.01. The number of rotatable bonds is 1. The van der Waals surface area contributed by atoms with E-state index < -0.39 is 0 Å². The highest BCUT2D eigenvalue weighted by atomic mass is 16.3. The lowest BCUT2D eigenvalue weighted by atomic mass is 9.47. The van der Waals surface area contributed by atoms with Crippen molar-refractivity contribution < 1.29 is 5.11 Å². The summed E-state index contributed by atoms with van der Waals surface area (Å²) in [6.07, 6.45) is 10.8. The van der Waals surface area contributed by atoms with Gasteiger partial charge in [0, 0.05) is 0 Å². The molecule has 0 aromatic carbocycles. The fourth-order valence-electron chi connectivity index (χ4n) is 5.71. The molecular formula is C20H32O. The Bertz CT molecular complexity index is 482. The van der Waals surface area contributed by atoms with Gasteiger partial charge in [0.15, 0.2) is 0 Å². The van der Waals surface area contributed by atoms with Crippen LogP contribution in [-0.2, 0) is 0 Å². The van der Waals surface area contributed by atoms with Crippen molar-refractivity contribution in [3.05, 3.63) is 23.3 Å². The maximum Gasteiger partial charge on any atom is 0.0761 e. The molecule has 0 heterocycles. The Morgan fingerprint density at radius 2 is 1.90 bits per heavy atom. The molecule has 0 aromatic rings. The number of fused-ring (bicyclic) bond motifs is 3. The second-order valence-corrected chi connectivity index (χ2v) is 8.94. The summed E-state index contributed by atoms with van der Waals surface area (Å²) in [5.41, 5.74) is 3.60. The van der Waals surface area contributed by atoms with E-state index in [0.29, 0.717) is 22.7 Å². The van der Waals surface area contributed by atoms with Gasteiger partial charge in [0.05, 0.1) is 6.10 Å². The SMILES string of the molecule is CC(C)C1=CC2=CCC3C(C)(C)CCCC3(C)C2CC1O. The zero-order chi connectivity index (χ0) is 15.4. The predicted octanol–water partition coefficient (Wildman–Crippen LogP) is 5.11. The Morgan fingerprint density at radius 3 is 2.57 bits per heavy atom. The van der Waals surface area contributed by atoms with Gasteiger partial charge in [0.25, 0.3) is 0 Å². The molecule has 0 spiro atoms. The van der Waals surface area contributed by atoms with Crippen LogP contribution in [-0.4, -0.2) is 11.2 Å². The summed E-state index contributed by atoms with van der Waals surface area (Å²) in [5, 5.41) is 10.6. The van der Waals surface area contributed by atoms with Gasteiger partial charge in [-0.1, -0.05) is 53.2 Å². The Morgan fingerprint density at radius 1 is 1.19 bits per heavy atom. The molecule has 1 N–H and O–H groups in total. The van der Waals surface area contributed by atoms with Crippen LogP contribution in [0.3, 0.4) is 0 Å². The van der Waals surface area contributed by atoms with Gasteiger partial charge < -0.3 is 5.11 Å². The molecule has 0 aliphatic heterocycles. The number of hydrogen-bond donors (Lipinski definition) is 1. The van der Waals surface area contributed by atoms with Crippen LogP contribution in [0.5, 0.6) is 0 Å². The number of allylic oxidation sites excluding steroid dienone is 3. The minimum Gasteiger partial charge on any atom is -0.389 e. The summed E-state index contributed by atoms with van der Waals surface area (Å²) in [7, 11) is 0. The zero-order valence-corrected chi connectivity index (χ0v) is 14.4. The molecule has 4 atom stereocenters. The van der Waals surface area contributed by atoms with E-state index in [1.165, 1.54) is 36.8 Å². The van der Waals surface area contributed by atoms with Crippen LogP contribution >= 0.6 is 0 Å². The highest BCUT2D eigenvalue weighted by Crippen LogP contribution is 2.61. The first-order valence-corrected chi connectivity index (χ1v) is 8.85. The fourth-order valence-corrected chi connectivity index (χ4v) is 5.71. The third-order valence-electron chi connectivity index (χ3n) is 6.91. The van der Waals surface area contributed by atoms with Gasteiger partial charge in [-0.3, -0.25) is 0 Å². The van der Waals surface area contributed by atoms with E-state index in [-0.39, 0.29) is 6.10 Å². The van der Waals surface area contributed by atoms with E-state index in [2.05, 4.69) is 46.8 Å². The summed E-state index contributed by atoms with van der Waals surface area (Å²) >= 11 is 0. The third kappa shape index (κ3) is 2.32. The Hall–Kier alpha value is -0.560. The minimum absolute atomic E-state index is 0.229. The summed E-state index contributed by atoms with van der Waals surface area (Å²) in [6.45, 7) is 11.8. The highest BCUT2D eigenvalue weighted by molar-refractivity contribution is 5.37. The van der Waals surface area contributed by atoms with Crippen LogP contribution in [0.25, 0.3) is 0 Å². The fraction of sp³-hybridized carbons (Fsp3) is 0.800. The van der Waals surface area contributed by atoms with Crippen molar-refractivity contribution in [2.24, 2.45) is 28.6 Å². The summed E-state index contributed by atoms with van der Waals surface area (Å²) in [4.78, 5) is 0. The van der Waals surface area contributed by atoms with Crippen molar-refractivity contribution in [3.8, 4) is 0 Å². The molecule has 1 saturated carbocycles. The van der Waals surface area contributed by atoms with Gasteiger partial charge in [0.2, 0.25) is 0 Å². The third-order valence-corrected chi connectivity index (χ3v) is 6.91. The van der Waals surface area contributed by atoms with Crippen molar-refractivity contribution >= 4 is 0 Å². The zero-order valence-electron chi connectivity index (χ0n) is 14.4. The van der Waals surface area contributed by atoms with Crippen molar-refractivity contribution in [3.63, 3.8) is 0 Å². The van der Waals surface area contributed by atoms with Gasteiger partial charge in [0.1, 0.15) is 0 Å². The first-order valence-electron chi connectivity index (χ1n) is 8.85. The maximum atomic E-state index is 10.6. The monoisotopic (exact) mass is 288 g/mol. The molecule has 3 aliphatic carbocycles. The molecule has 118 valence electrons. The van der Waals surface area contributed by atoms with Gasteiger partial charge in [-0.2, -0.15) is 0 Å². The largest absolute Gasteiger partial charge is 0.389 e. The van der Waals surface area contributed by atoms with Gasteiger partial charge in [-0.15, -0.1) is 0 Å². The summed E-state index contributed by atoms with van der Waals surface area (Å²) in [6, 6.07) is 0. The van der Waals surface area contributed by atoms with E-state index in [9.17, 15) is 5.11 Å². The standard InChI is InChI=1S/C20H32O/c1-13(2)15-11-14-7-8-18-19(3,4)9-6-10-20(18,5)16(14)12-17(15)21/h7,11,13,16-18,21H,6,8-10,12H2,1-5H3. The van der Waals surface area contributed by atoms with E-state index in [0.717, 1.165) is 12.3 Å². The van der Waals surface area contributed by atoms with Crippen LogP contribution in [0.2, 0.25) is 0 Å². The van der Waals surface area contributed by atoms with Crippen molar-refractivity contribution in [1.82, 2.24) is 0 Å². The van der Waals surface area contributed by atoms with E-state index in [1.54, 1.807) is 0 Å². The van der Waals surface area contributed by atoms with E-state index in [4.69, 9.17) is 0 Å². The lowest BCUT2D eigenvalue weighted by molar-refractivity contribution is -0.0483. The van der Waals surface area contributed by atoms with Gasteiger partial charge >= 0.3 is 0 Å². The number of hydrogen-bond acceptors (Lipinski definition) is 1. The Kier molecular flexibility index (Phi) is 3.64. The molecular weight excluding hydrogens is 256 g/mol. The van der Waals surface area contributed by atoms with Crippen LogP contribution in [0.4, 0.5) is 0 Å². The molecule has 0 aromatic heterocycles. The highest BCUT2D eigenvalue weighted by Gasteiger charge is 2.53. The van der Waals surface area contributed by atoms with Gasteiger partial charge in [-0.25, -0.2) is 0 Å². The second kappa shape index (κ2) is 4.98. The first-order chi connectivity index (χ1) is 9.75. The second-order valence-electron chi connectivity index (χ2n) is 8.94. The average molecular weight is 288 g/mol. The smallest absolute Gasteiger partial charge is 0.0761 e. The molecule has 0 amide bonds. The molecule has 3 aliphatic rings. The minimum atomic E-state index is -0.229. The molecule has 0 bridgehead atoms.